The zero-order valence-corrected chi connectivity index (χ0v) is 17.7. The second-order valence-corrected chi connectivity index (χ2v) is 10.7. The molecular weight excluding hydrogens is 368 g/mol. The monoisotopic (exact) mass is 402 g/mol. The maximum absolute atomic E-state index is 13.7. The maximum Gasteiger partial charge on any atom is 0.152 e. The third kappa shape index (κ3) is 2.78. The van der Waals surface area contributed by atoms with Gasteiger partial charge >= 0.3 is 0 Å². The van der Waals surface area contributed by atoms with Gasteiger partial charge in [-0.25, -0.2) is 0 Å². The second-order valence-electron chi connectivity index (χ2n) is 10.7. The molecule has 0 aromatic heterocycles. The molecule has 0 aromatic carbocycles. The van der Waals surface area contributed by atoms with E-state index >= 15 is 0 Å². The van der Waals surface area contributed by atoms with Crippen molar-refractivity contribution < 1.29 is 19.5 Å². The number of hydrogen-bond donors (Lipinski definition) is 2. The first-order valence-electron chi connectivity index (χ1n) is 11.5. The minimum Gasteiger partial charge on any atom is -0.396 e. The summed E-state index contributed by atoms with van der Waals surface area (Å²) in [5.41, 5.74) is 0.739. The van der Waals surface area contributed by atoms with E-state index < -0.39 is 0 Å². The summed E-state index contributed by atoms with van der Waals surface area (Å²) in [6, 6.07) is 0. The van der Waals surface area contributed by atoms with E-state index in [1.54, 1.807) is 0 Å². The summed E-state index contributed by atoms with van der Waals surface area (Å²) >= 11 is 0. The van der Waals surface area contributed by atoms with Gasteiger partial charge in [-0.1, -0.05) is 19.0 Å². The van der Waals surface area contributed by atoms with Gasteiger partial charge in [0.15, 0.2) is 6.10 Å². The molecule has 0 aromatic rings. The Bertz CT molecular complexity index is 747. The van der Waals surface area contributed by atoms with Crippen LogP contribution in [0.5, 0.6) is 0 Å². The van der Waals surface area contributed by atoms with E-state index in [2.05, 4.69) is 24.3 Å². The van der Waals surface area contributed by atoms with Crippen LogP contribution in [0.25, 0.3) is 0 Å². The molecule has 1 saturated heterocycles. The fraction of sp³-hybridized carbons (Fsp3) is 0.870. The van der Waals surface area contributed by atoms with E-state index in [4.69, 9.17) is 4.84 Å². The van der Waals surface area contributed by atoms with Gasteiger partial charge in [0, 0.05) is 36.8 Å². The lowest BCUT2D eigenvalue weighted by atomic mass is 9.43. The predicted molar refractivity (Wildman–Crippen MR) is 108 cm³/mol. The highest BCUT2D eigenvalue weighted by Crippen LogP contribution is 2.65. The lowest BCUT2D eigenvalue weighted by molar-refractivity contribution is -0.166. The van der Waals surface area contributed by atoms with E-state index in [-0.39, 0.29) is 53.0 Å². The van der Waals surface area contributed by atoms with Gasteiger partial charge in [0.1, 0.15) is 11.6 Å². The van der Waals surface area contributed by atoms with Crippen molar-refractivity contribution >= 4 is 17.3 Å². The highest BCUT2D eigenvalue weighted by atomic mass is 16.6. The lowest BCUT2D eigenvalue weighted by Crippen LogP contribution is -2.61. The van der Waals surface area contributed by atoms with Crippen LogP contribution in [-0.2, 0) is 14.4 Å². The number of hydrogen-bond acceptors (Lipinski definition) is 6. The third-order valence-corrected chi connectivity index (χ3v) is 9.53. The summed E-state index contributed by atoms with van der Waals surface area (Å²) in [6.07, 6.45) is 6.14. The smallest absolute Gasteiger partial charge is 0.152 e. The van der Waals surface area contributed by atoms with Gasteiger partial charge in [0.05, 0.1) is 12.3 Å². The van der Waals surface area contributed by atoms with Crippen LogP contribution in [0.1, 0.15) is 58.8 Å². The topological polar surface area (TPSA) is 88.0 Å². The van der Waals surface area contributed by atoms with Gasteiger partial charge in [-0.3, -0.25) is 9.59 Å². The van der Waals surface area contributed by atoms with Gasteiger partial charge in [0.2, 0.25) is 0 Å². The third-order valence-electron chi connectivity index (χ3n) is 9.53. The number of aliphatic hydroxyl groups excluding tert-OH is 1. The molecule has 0 amide bonds. The van der Waals surface area contributed by atoms with Crippen molar-refractivity contribution in [3.63, 3.8) is 0 Å². The van der Waals surface area contributed by atoms with Crippen molar-refractivity contribution in [2.75, 3.05) is 19.7 Å². The largest absolute Gasteiger partial charge is 0.396 e. The first-order chi connectivity index (χ1) is 13.9. The predicted octanol–water partition coefficient (Wildman–Crippen LogP) is 2.34. The number of nitrogens with one attached hydrogen (secondary N) is 1. The summed E-state index contributed by atoms with van der Waals surface area (Å²) in [5.74, 6) is 0.781. The van der Waals surface area contributed by atoms with Crippen molar-refractivity contribution in [1.82, 2.24) is 5.32 Å². The van der Waals surface area contributed by atoms with Gasteiger partial charge in [-0.2, -0.15) is 0 Å². The molecule has 5 fully saturated rings. The molecule has 0 spiro atoms. The number of oxime groups is 1. The van der Waals surface area contributed by atoms with Crippen LogP contribution < -0.4 is 5.32 Å². The fourth-order valence-electron chi connectivity index (χ4n) is 7.53. The Balaban J connectivity index is 1.44. The van der Waals surface area contributed by atoms with Crippen molar-refractivity contribution in [2.45, 2.75) is 64.9 Å². The molecule has 4 saturated carbocycles. The van der Waals surface area contributed by atoms with Gasteiger partial charge in [-0.15, -0.1) is 0 Å². The first kappa shape index (κ1) is 19.7. The van der Waals surface area contributed by atoms with Gasteiger partial charge < -0.3 is 15.3 Å². The van der Waals surface area contributed by atoms with E-state index in [1.165, 1.54) is 0 Å². The van der Waals surface area contributed by atoms with Crippen molar-refractivity contribution in [1.29, 1.82) is 0 Å². The Hall–Kier alpha value is -1.27. The van der Waals surface area contributed by atoms with Crippen LogP contribution in [0, 0.1) is 40.4 Å². The Morgan fingerprint density at radius 2 is 1.90 bits per heavy atom. The number of rotatable bonds is 3. The van der Waals surface area contributed by atoms with Crippen LogP contribution >= 0.6 is 0 Å². The summed E-state index contributed by atoms with van der Waals surface area (Å²) in [4.78, 5) is 31.9. The molecule has 0 radical (unpaired) electrons. The second kappa shape index (κ2) is 6.88. The first-order valence-corrected chi connectivity index (χ1v) is 11.5. The van der Waals surface area contributed by atoms with E-state index in [1.807, 2.05) is 0 Å². The normalized spacial score (nSPS) is 48.7. The quantitative estimate of drug-likeness (QED) is 0.708. The number of ketones is 2. The SMILES string of the molecule is C[C@]12CCC(=NOC3CNC3)CC1[C@@H](CO)C(=O)[C@@H]1[C@@H]2CC[C@]2(C)C(=O)CC[C@@H]12. The minimum absolute atomic E-state index is 0.0238. The number of Topliss-reactive ketones (excluding diaryl/α,β-unsaturated/α-hetero) is 2. The van der Waals surface area contributed by atoms with Crippen molar-refractivity contribution in [2.24, 2.45) is 45.6 Å². The van der Waals surface area contributed by atoms with Crippen LogP contribution in [-0.4, -0.2) is 48.2 Å². The number of carbonyl (C=O) groups is 2. The Kier molecular flexibility index (Phi) is 4.67. The summed E-state index contributed by atoms with van der Waals surface area (Å²) in [6.45, 7) is 6.03. The molecular formula is C23H34N2O4. The summed E-state index contributed by atoms with van der Waals surface area (Å²) in [5, 5.41) is 17.9. The van der Waals surface area contributed by atoms with Crippen LogP contribution in [0.3, 0.4) is 0 Å². The summed E-state index contributed by atoms with van der Waals surface area (Å²) < 4.78 is 0. The molecule has 5 aliphatic rings. The maximum atomic E-state index is 13.7. The van der Waals surface area contributed by atoms with Crippen LogP contribution in [0.2, 0.25) is 0 Å². The average molecular weight is 403 g/mol. The molecule has 5 rings (SSSR count). The van der Waals surface area contributed by atoms with Crippen molar-refractivity contribution in [3.05, 3.63) is 0 Å². The molecule has 1 unspecified atom stereocenters. The van der Waals surface area contributed by atoms with Crippen molar-refractivity contribution in [3.8, 4) is 0 Å². The standard InChI is InChI=1S/C23H34N2O4/c1-22-7-5-13(25-29-14-10-24-11-14)9-18(22)15(12-26)21(28)20-16-3-4-19(27)23(16,2)8-6-17(20)22/h14-18,20,24,26H,3-12H2,1-2H3/t15-,16+,17+,18?,20+,22-,23+/m1/s1. The zero-order chi connectivity index (χ0) is 20.4. The fourth-order valence-corrected chi connectivity index (χ4v) is 7.53. The molecule has 6 nitrogen and oxygen atoms in total. The molecule has 2 N–H and O–H groups in total. The van der Waals surface area contributed by atoms with Gasteiger partial charge in [0.25, 0.3) is 0 Å². The highest BCUT2D eigenvalue weighted by molar-refractivity contribution is 5.93. The molecule has 7 atom stereocenters. The Morgan fingerprint density at radius 3 is 2.59 bits per heavy atom. The highest BCUT2D eigenvalue weighted by Gasteiger charge is 2.65. The van der Waals surface area contributed by atoms with Gasteiger partial charge in [-0.05, 0) is 61.7 Å². The van der Waals surface area contributed by atoms with Crippen LogP contribution in [0.4, 0.5) is 0 Å². The molecule has 0 bridgehead atoms. The number of carbonyl (C=O) groups excluding carboxylic acids is 2. The Morgan fingerprint density at radius 1 is 1.10 bits per heavy atom. The molecule has 6 heteroatoms. The number of aliphatic hydroxyl groups is 1. The molecule has 29 heavy (non-hydrogen) atoms. The number of fused-ring (bicyclic) bond motifs is 5. The van der Waals surface area contributed by atoms with E-state index in [9.17, 15) is 14.7 Å². The number of nitrogens with zero attached hydrogens (tertiary/aromatic N) is 1. The minimum atomic E-state index is -0.338. The average Bonchev–Trinajstić information content (AvgIpc) is 2.97. The molecule has 1 heterocycles. The molecule has 160 valence electrons. The zero-order valence-electron chi connectivity index (χ0n) is 17.7. The molecule has 1 aliphatic heterocycles. The van der Waals surface area contributed by atoms with Crippen LogP contribution in [0.15, 0.2) is 5.16 Å². The Labute approximate surface area is 172 Å². The van der Waals surface area contributed by atoms with E-state index in [0.29, 0.717) is 18.1 Å². The van der Waals surface area contributed by atoms with E-state index in [0.717, 1.165) is 57.3 Å². The lowest BCUT2D eigenvalue weighted by Gasteiger charge is -2.60. The molecule has 4 aliphatic carbocycles. The summed E-state index contributed by atoms with van der Waals surface area (Å²) in [7, 11) is 0.